The fourth-order valence-electron chi connectivity index (χ4n) is 2.16. The van der Waals surface area contributed by atoms with E-state index in [2.05, 4.69) is 26.1 Å². The molecule has 2 rings (SSSR count). The maximum absolute atomic E-state index is 13.6. The van der Waals surface area contributed by atoms with E-state index >= 15 is 0 Å². The molecule has 1 aromatic heterocycles. The summed E-state index contributed by atoms with van der Waals surface area (Å²) < 4.78 is 44.9. The number of nitrogens with zero attached hydrogens (tertiary/aromatic N) is 2. The zero-order valence-corrected chi connectivity index (χ0v) is 15.8. The lowest BCUT2D eigenvalue weighted by Crippen LogP contribution is -2.37. The second kappa shape index (κ2) is 9.77. The highest BCUT2D eigenvalue weighted by molar-refractivity contribution is 5.94. The van der Waals surface area contributed by atoms with Gasteiger partial charge in [0.1, 0.15) is 6.54 Å². The fraction of sp³-hybridized carbons (Fsp3) is 0.389. The van der Waals surface area contributed by atoms with Crippen molar-refractivity contribution in [2.24, 2.45) is 4.99 Å². The summed E-state index contributed by atoms with van der Waals surface area (Å²) in [4.78, 5) is 16.0. The van der Waals surface area contributed by atoms with Crippen LogP contribution in [-0.2, 0) is 11.3 Å². The Bertz CT molecular complexity index is 852. The largest absolute Gasteiger partial charge is 0.359 e. The number of anilines is 1. The van der Waals surface area contributed by atoms with Crippen molar-refractivity contribution in [3.63, 3.8) is 0 Å². The SMILES string of the molecule is CCNC(=NCC(=O)Nc1ccc(F)c(F)c1F)NCc1cc(C(C)C)no1. The van der Waals surface area contributed by atoms with Gasteiger partial charge in [0.25, 0.3) is 0 Å². The molecule has 0 bridgehead atoms. The first kappa shape index (κ1) is 21.3. The summed E-state index contributed by atoms with van der Waals surface area (Å²) in [6.07, 6.45) is 0. The molecule has 0 atom stereocenters. The van der Waals surface area contributed by atoms with Crippen LogP contribution in [0.4, 0.5) is 18.9 Å². The lowest BCUT2D eigenvalue weighted by Gasteiger charge is -2.10. The Kier molecular flexibility index (Phi) is 7.42. The average molecular weight is 397 g/mol. The van der Waals surface area contributed by atoms with E-state index in [-0.39, 0.29) is 12.5 Å². The molecule has 0 saturated heterocycles. The molecule has 0 spiro atoms. The predicted molar refractivity (Wildman–Crippen MR) is 98.4 cm³/mol. The van der Waals surface area contributed by atoms with E-state index in [9.17, 15) is 18.0 Å². The van der Waals surface area contributed by atoms with Crippen LogP contribution in [0, 0.1) is 17.5 Å². The maximum atomic E-state index is 13.6. The molecule has 1 amide bonds. The number of guanidine groups is 1. The van der Waals surface area contributed by atoms with Gasteiger partial charge in [0, 0.05) is 12.6 Å². The van der Waals surface area contributed by atoms with Gasteiger partial charge in [0.15, 0.2) is 29.2 Å². The van der Waals surface area contributed by atoms with Crippen LogP contribution in [0.1, 0.15) is 38.1 Å². The summed E-state index contributed by atoms with van der Waals surface area (Å²) in [5.41, 5.74) is 0.367. The molecule has 152 valence electrons. The summed E-state index contributed by atoms with van der Waals surface area (Å²) >= 11 is 0. The van der Waals surface area contributed by atoms with Crippen molar-refractivity contribution in [3.05, 3.63) is 47.1 Å². The normalized spacial score (nSPS) is 11.6. The molecule has 0 radical (unpaired) electrons. The first-order valence-electron chi connectivity index (χ1n) is 8.72. The molecule has 0 aliphatic rings. The first-order valence-corrected chi connectivity index (χ1v) is 8.72. The van der Waals surface area contributed by atoms with Crippen LogP contribution in [0.15, 0.2) is 27.7 Å². The third kappa shape index (κ3) is 5.73. The standard InChI is InChI=1S/C18H22F3N5O2/c1-4-22-18(23-8-11-7-14(10(2)3)26-28-11)24-9-15(27)25-13-6-5-12(19)16(20)17(13)21/h5-7,10H,4,8-9H2,1-3H3,(H,25,27)(H2,22,23,24). The summed E-state index contributed by atoms with van der Waals surface area (Å²) in [6, 6.07) is 3.49. The summed E-state index contributed by atoms with van der Waals surface area (Å²) in [7, 11) is 0. The van der Waals surface area contributed by atoms with Gasteiger partial charge >= 0.3 is 0 Å². The van der Waals surface area contributed by atoms with Crippen LogP contribution in [-0.4, -0.2) is 30.1 Å². The number of carbonyl (C=O) groups is 1. The minimum absolute atomic E-state index is 0.236. The third-order valence-electron chi connectivity index (χ3n) is 3.63. The van der Waals surface area contributed by atoms with Crippen molar-refractivity contribution in [2.45, 2.75) is 33.2 Å². The van der Waals surface area contributed by atoms with Crippen molar-refractivity contribution in [2.75, 3.05) is 18.4 Å². The highest BCUT2D eigenvalue weighted by atomic mass is 19.2. The van der Waals surface area contributed by atoms with Crippen LogP contribution in [0.5, 0.6) is 0 Å². The second-order valence-electron chi connectivity index (χ2n) is 6.19. The summed E-state index contributed by atoms with van der Waals surface area (Å²) in [6.45, 7) is 6.31. The van der Waals surface area contributed by atoms with E-state index in [1.165, 1.54) is 0 Å². The van der Waals surface area contributed by atoms with Crippen LogP contribution in [0.25, 0.3) is 0 Å². The fourth-order valence-corrected chi connectivity index (χ4v) is 2.16. The van der Waals surface area contributed by atoms with E-state index in [1.54, 1.807) is 0 Å². The molecule has 0 unspecified atom stereocenters. The Labute approximate surface area is 160 Å². The molecule has 0 fully saturated rings. The predicted octanol–water partition coefficient (Wildman–Crippen LogP) is 2.91. The Morgan fingerprint density at radius 3 is 2.61 bits per heavy atom. The van der Waals surface area contributed by atoms with Gasteiger partial charge in [-0.05, 0) is 25.0 Å². The molecule has 0 saturated carbocycles. The number of hydrogen-bond acceptors (Lipinski definition) is 4. The van der Waals surface area contributed by atoms with E-state index in [0.29, 0.717) is 24.8 Å². The molecular weight excluding hydrogens is 375 g/mol. The Balaban J connectivity index is 1.95. The monoisotopic (exact) mass is 397 g/mol. The number of rotatable bonds is 7. The minimum atomic E-state index is -1.65. The number of halogens is 3. The smallest absolute Gasteiger partial charge is 0.246 e. The van der Waals surface area contributed by atoms with E-state index < -0.39 is 29.0 Å². The third-order valence-corrected chi connectivity index (χ3v) is 3.63. The van der Waals surface area contributed by atoms with Crippen molar-refractivity contribution in [1.29, 1.82) is 0 Å². The van der Waals surface area contributed by atoms with Gasteiger partial charge in [-0.2, -0.15) is 0 Å². The molecule has 0 aliphatic carbocycles. The lowest BCUT2D eigenvalue weighted by atomic mass is 10.1. The number of aliphatic imine (C=N–C) groups is 1. The molecule has 10 heteroatoms. The Morgan fingerprint density at radius 2 is 1.96 bits per heavy atom. The number of nitrogens with one attached hydrogen (secondary N) is 3. The number of carbonyl (C=O) groups excluding carboxylic acids is 1. The van der Waals surface area contributed by atoms with Gasteiger partial charge in [0.05, 0.1) is 17.9 Å². The number of amides is 1. The van der Waals surface area contributed by atoms with Gasteiger partial charge in [-0.25, -0.2) is 18.2 Å². The molecule has 28 heavy (non-hydrogen) atoms. The van der Waals surface area contributed by atoms with Crippen molar-refractivity contribution >= 4 is 17.6 Å². The first-order chi connectivity index (χ1) is 13.3. The minimum Gasteiger partial charge on any atom is -0.359 e. The van der Waals surface area contributed by atoms with Gasteiger partial charge in [-0.1, -0.05) is 19.0 Å². The van der Waals surface area contributed by atoms with Gasteiger partial charge in [-0.3, -0.25) is 4.79 Å². The van der Waals surface area contributed by atoms with E-state index in [0.717, 1.165) is 17.8 Å². The van der Waals surface area contributed by atoms with Gasteiger partial charge in [-0.15, -0.1) is 0 Å². The van der Waals surface area contributed by atoms with Crippen LogP contribution in [0.2, 0.25) is 0 Å². The lowest BCUT2D eigenvalue weighted by molar-refractivity contribution is -0.114. The molecule has 7 nitrogen and oxygen atoms in total. The highest BCUT2D eigenvalue weighted by Crippen LogP contribution is 2.19. The van der Waals surface area contributed by atoms with Crippen LogP contribution in [0.3, 0.4) is 0 Å². The Morgan fingerprint density at radius 1 is 1.21 bits per heavy atom. The molecule has 0 aliphatic heterocycles. The number of benzene rings is 1. The number of hydrogen-bond donors (Lipinski definition) is 3. The summed E-state index contributed by atoms with van der Waals surface area (Å²) in [5, 5.41) is 12.0. The maximum Gasteiger partial charge on any atom is 0.246 e. The second-order valence-corrected chi connectivity index (χ2v) is 6.19. The zero-order chi connectivity index (χ0) is 20.7. The average Bonchev–Trinajstić information content (AvgIpc) is 3.14. The highest BCUT2D eigenvalue weighted by Gasteiger charge is 2.15. The van der Waals surface area contributed by atoms with Gasteiger partial charge < -0.3 is 20.5 Å². The quantitative estimate of drug-likeness (QED) is 0.380. The molecule has 2 aromatic rings. The van der Waals surface area contributed by atoms with E-state index in [4.69, 9.17) is 4.52 Å². The topological polar surface area (TPSA) is 91.5 Å². The molecular formula is C18H22F3N5O2. The molecule has 1 aromatic carbocycles. The van der Waals surface area contributed by atoms with E-state index in [1.807, 2.05) is 26.8 Å². The van der Waals surface area contributed by atoms with Crippen molar-refractivity contribution in [3.8, 4) is 0 Å². The van der Waals surface area contributed by atoms with Crippen molar-refractivity contribution in [1.82, 2.24) is 15.8 Å². The van der Waals surface area contributed by atoms with Gasteiger partial charge in [0.2, 0.25) is 5.91 Å². The molecule has 1 heterocycles. The van der Waals surface area contributed by atoms with Crippen LogP contribution < -0.4 is 16.0 Å². The molecule has 3 N–H and O–H groups in total. The summed E-state index contributed by atoms with van der Waals surface area (Å²) in [5.74, 6) is -3.98. The Hall–Kier alpha value is -3.04. The van der Waals surface area contributed by atoms with Crippen molar-refractivity contribution < 1.29 is 22.5 Å². The van der Waals surface area contributed by atoms with Crippen LogP contribution >= 0.6 is 0 Å². The zero-order valence-electron chi connectivity index (χ0n) is 15.8. The number of aromatic nitrogens is 1.